The summed E-state index contributed by atoms with van der Waals surface area (Å²) in [5, 5.41) is 6.09. The molecule has 2 amide bonds. The maximum absolute atomic E-state index is 12.0. The van der Waals surface area contributed by atoms with Gasteiger partial charge in [-0.05, 0) is 43.7 Å². The van der Waals surface area contributed by atoms with Crippen LogP contribution in [0.3, 0.4) is 0 Å². The average molecular weight is 368 g/mol. The number of rotatable bonds is 6. The Kier molecular flexibility index (Phi) is 5.80. The van der Waals surface area contributed by atoms with E-state index in [1.807, 2.05) is 50.2 Å². The molecule has 0 spiro atoms. The number of benzene rings is 1. The van der Waals surface area contributed by atoms with Gasteiger partial charge in [-0.3, -0.25) is 10.3 Å². The van der Waals surface area contributed by atoms with Gasteiger partial charge >= 0.3 is 6.03 Å². The summed E-state index contributed by atoms with van der Waals surface area (Å²) < 4.78 is 5.58. The maximum atomic E-state index is 12.0. The molecule has 6 nitrogen and oxygen atoms in total. The monoisotopic (exact) mass is 368 g/mol. The molecule has 2 N–H and O–H groups in total. The number of carbonyl (C=O) groups excluding carboxylic acids is 1. The molecule has 7 heteroatoms. The van der Waals surface area contributed by atoms with Crippen LogP contribution in [-0.4, -0.2) is 29.2 Å². The molecule has 0 aliphatic carbocycles. The van der Waals surface area contributed by atoms with Gasteiger partial charge in [0.05, 0.1) is 17.1 Å². The Labute approximate surface area is 156 Å². The highest BCUT2D eigenvalue weighted by molar-refractivity contribution is 7.19. The Balaban J connectivity index is 1.47. The first kappa shape index (κ1) is 17.9. The summed E-state index contributed by atoms with van der Waals surface area (Å²) in [7, 11) is 0. The zero-order valence-corrected chi connectivity index (χ0v) is 15.5. The summed E-state index contributed by atoms with van der Waals surface area (Å²) in [5.41, 5.74) is 3.09. The molecule has 0 atom stereocenters. The van der Waals surface area contributed by atoms with Gasteiger partial charge in [-0.15, -0.1) is 0 Å². The van der Waals surface area contributed by atoms with E-state index < -0.39 is 0 Å². The smallest absolute Gasteiger partial charge is 0.321 e. The van der Waals surface area contributed by atoms with Crippen LogP contribution in [-0.2, 0) is 0 Å². The number of carbonyl (C=O) groups is 1. The molecular formula is C19H20N4O2S. The number of nitrogens with one attached hydrogen (secondary N) is 2. The highest BCUT2D eigenvalue weighted by Gasteiger charge is 2.11. The number of aryl methyl sites for hydroxylation is 2. The van der Waals surface area contributed by atoms with Crippen LogP contribution in [0.15, 0.2) is 48.8 Å². The summed E-state index contributed by atoms with van der Waals surface area (Å²) in [5.74, 6) is 0.787. The second kappa shape index (κ2) is 8.44. The summed E-state index contributed by atoms with van der Waals surface area (Å²) in [6.45, 7) is 4.75. The van der Waals surface area contributed by atoms with Gasteiger partial charge in [0, 0.05) is 12.4 Å². The molecule has 3 rings (SSSR count). The van der Waals surface area contributed by atoms with Crippen molar-refractivity contribution in [2.45, 2.75) is 13.8 Å². The second-order valence-corrected chi connectivity index (χ2v) is 6.71. The van der Waals surface area contributed by atoms with E-state index >= 15 is 0 Å². The molecule has 0 bridgehead atoms. The van der Waals surface area contributed by atoms with Crippen molar-refractivity contribution >= 4 is 22.5 Å². The topological polar surface area (TPSA) is 76.1 Å². The van der Waals surface area contributed by atoms with Gasteiger partial charge in [0.2, 0.25) is 0 Å². The van der Waals surface area contributed by atoms with Crippen LogP contribution in [0.4, 0.5) is 9.93 Å². The van der Waals surface area contributed by atoms with E-state index in [-0.39, 0.29) is 6.03 Å². The van der Waals surface area contributed by atoms with Crippen molar-refractivity contribution in [2.24, 2.45) is 0 Å². The Hall–Kier alpha value is -2.93. The van der Waals surface area contributed by atoms with Crippen molar-refractivity contribution in [3.8, 4) is 16.2 Å². The Morgan fingerprint density at radius 2 is 1.85 bits per heavy atom. The third-order valence-electron chi connectivity index (χ3n) is 3.64. The van der Waals surface area contributed by atoms with Gasteiger partial charge in [0.1, 0.15) is 12.4 Å². The molecule has 0 saturated carbocycles. The molecule has 0 unspecified atom stereocenters. The number of amides is 2. The van der Waals surface area contributed by atoms with Crippen LogP contribution in [0, 0.1) is 13.8 Å². The summed E-state index contributed by atoms with van der Waals surface area (Å²) in [6.07, 6.45) is 3.48. The SMILES string of the molecule is Cc1ccc(OCCNC(=O)Nc2nc(C)c(-c3ccncc3)s2)cc1. The summed E-state index contributed by atoms with van der Waals surface area (Å²) in [6, 6.07) is 11.3. The third-order valence-corrected chi connectivity index (χ3v) is 4.76. The van der Waals surface area contributed by atoms with E-state index in [1.165, 1.54) is 16.9 Å². The van der Waals surface area contributed by atoms with Crippen molar-refractivity contribution < 1.29 is 9.53 Å². The van der Waals surface area contributed by atoms with E-state index in [4.69, 9.17) is 4.74 Å². The fourth-order valence-corrected chi connectivity index (χ4v) is 3.30. The standard InChI is InChI=1S/C19H20N4O2S/c1-13-3-5-16(6-4-13)25-12-11-21-18(24)23-19-22-14(2)17(26-19)15-7-9-20-10-8-15/h3-10H,11-12H2,1-2H3,(H2,21,22,23,24). The zero-order chi connectivity index (χ0) is 18.4. The number of aromatic nitrogens is 2. The Morgan fingerprint density at radius 3 is 2.58 bits per heavy atom. The van der Waals surface area contributed by atoms with Gasteiger partial charge < -0.3 is 10.1 Å². The van der Waals surface area contributed by atoms with Crippen LogP contribution < -0.4 is 15.4 Å². The predicted octanol–water partition coefficient (Wildman–Crippen LogP) is 4.02. The Morgan fingerprint density at radius 1 is 1.12 bits per heavy atom. The van der Waals surface area contributed by atoms with Crippen molar-refractivity contribution in [3.63, 3.8) is 0 Å². The minimum atomic E-state index is -0.299. The van der Waals surface area contributed by atoms with Crippen molar-refractivity contribution in [1.29, 1.82) is 0 Å². The number of pyridine rings is 1. The molecule has 0 aliphatic heterocycles. The molecule has 0 aliphatic rings. The molecule has 0 radical (unpaired) electrons. The number of hydrogen-bond donors (Lipinski definition) is 2. The lowest BCUT2D eigenvalue weighted by molar-refractivity contribution is 0.247. The van der Waals surface area contributed by atoms with Gasteiger partial charge in [0.25, 0.3) is 0 Å². The average Bonchev–Trinajstić information content (AvgIpc) is 3.01. The largest absolute Gasteiger partial charge is 0.492 e. The third kappa shape index (κ3) is 4.80. The normalized spacial score (nSPS) is 10.4. The fraction of sp³-hybridized carbons (Fsp3) is 0.211. The van der Waals surface area contributed by atoms with E-state index in [0.717, 1.165) is 21.9 Å². The van der Waals surface area contributed by atoms with Crippen molar-refractivity contribution in [3.05, 3.63) is 60.0 Å². The van der Waals surface area contributed by atoms with E-state index in [2.05, 4.69) is 20.6 Å². The van der Waals surface area contributed by atoms with Crippen LogP contribution >= 0.6 is 11.3 Å². The number of hydrogen-bond acceptors (Lipinski definition) is 5. The molecular weight excluding hydrogens is 348 g/mol. The molecule has 2 aromatic heterocycles. The van der Waals surface area contributed by atoms with Gasteiger partial charge in [0.15, 0.2) is 5.13 Å². The predicted molar refractivity (Wildman–Crippen MR) is 104 cm³/mol. The number of urea groups is 1. The summed E-state index contributed by atoms with van der Waals surface area (Å²) >= 11 is 1.44. The molecule has 134 valence electrons. The quantitative estimate of drug-likeness (QED) is 0.644. The van der Waals surface area contributed by atoms with Gasteiger partial charge in [-0.25, -0.2) is 9.78 Å². The molecule has 3 aromatic rings. The van der Waals surface area contributed by atoms with Crippen molar-refractivity contribution in [1.82, 2.24) is 15.3 Å². The lowest BCUT2D eigenvalue weighted by Crippen LogP contribution is -2.32. The lowest BCUT2D eigenvalue weighted by Gasteiger charge is -2.08. The van der Waals surface area contributed by atoms with E-state index in [0.29, 0.717) is 18.3 Å². The minimum absolute atomic E-state index is 0.299. The molecule has 0 saturated heterocycles. The van der Waals surface area contributed by atoms with Crippen LogP contribution in [0.1, 0.15) is 11.3 Å². The molecule has 2 heterocycles. The number of nitrogens with zero attached hydrogens (tertiary/aromatic N) is 2. The van der Waals surface area contributed by atoms with Crippen molar-refractivity contribution in [2.75, 3.05) is 18.5 Å². The Bertz CT molecular complexity index is 863. The van der Waals surface area contributed by atoms with Gasteiger partial charge in [-0.2, -0.15) is 0 Å². The zero-order valence-electron chi connectivity index (χ0n) is 14.7. The number of thiazole rings is 1. The van der Waals surface area contributed by atoms with Crippen LogP contribution in [0.25, 0.3) is 10.4 Å². The molecule has 1 aromatic carbocycles. The summed E-state index contributed by atoms with van der Waals surface area (Å²) in [4.78, 5) is 21.4. The van der Waals surface area contributed by atoms with Gasteiger partial charge in [-0.1, -0.05) is 29.0 Å². The fourth-order valence-electron chi connectivity index (χ4n) is 2.33. The lowest BCUT2D eigenvalue weighted by atomic mass is 10.2. The minimum Gasteiger partial charge on any atom is -0.492 e. The highest BCUT2D eigenvalue weighted by atomic mass is 32.1. The maximum Gasteiger partial charge on any atom is 0.321 e. The van der Waals surface area contributed by atoms with Crippen LogP contribution in [0.2, 0.25) is 0 Å². The second-order valence-electron chi connectivity index (χ2n) is 5.71. The first-order valence-electron chi connectivity index (χ1n) is 8.24. The number of anilines is 1. The first-order valence-corrected chi connectivity index (χ1v) is 9.05. The van der Waals surface area contributed by atoms with E-state index in [1.54, 1.807) is 12.4 Å². The first-order chi connectivity index (χ1) is 12.6. The van der Waals surface area contributed by atoms with Crippen LogP contribution in [0.5, 0.6) is 5.75 Å². The van der Waals surface area contributed by atoms with E-state index in [9.17, 15) is 4.79 Å². The molecule has 0 fully saturated rings. The number of ether oxygens (including phenoxy) is 1. The highest BCUT2D eigenvalue weighted by Crippen LogP contribution is 2.32. The molecule has 26 heavy (non-hydrogen) atoms.